The van der Waals surface area contributed by atoms with Gasteiger partial charge in [0, 0.05) is 18.8 Å². The normalized spacial score (nSPS) is 10.7. The highest BCUT2D eigenvalue weighted by Gasteiger charge is 2.08. The molecule has 0 saturated carbocycles. The van der Waals surface area contributed by atoms with E-state index in [1.807, 2.05) is 18.5 Å². The van der Waals surface area contributed by atoms with Crippen LogP contribution in [0.15, 0.2) is 18.2 Å². The van der Waals surface area contributed by atoms with Crippen molar-refractivity contribution in [2.75, 3.05) is 11.9 Å². The minimum Gasteiger partial charge on any atom is -0.362 e. The summed E-state index contributed by atoms with van der Waals surface area (Å²) in [5, 5.41) is 12.3. The lowest BCUT2D eigenvalue weighted by molar-refractivity contribution is 0.558. The van der Waals surface area contributed by atoms with E-state index in [9.17, 15) is 0 Å². The third-order valence-electron chi connectivity index (χ3n) is 3.60. The van der Waals surface area contributed by atoms with Gasteiger partial charge in [0.15, 0.2) is 5.11 Å². The van der Waals surface area contributed by atoms with Crippen LogP contribution in [0, 0.1) is 27.7 Å². The average molecular weight is 351 g/mol. The zero-order valence-electron chi connectivity index (χ0n) is 14.0. The summed E-state index contributed by atoms with van der Waals surface area (Å²) in [6.45, 7) is 9.67. The highest BCUT2D eigenvalue weighted by atomic mass is 35.5. The summed E-state index contributed by atoms with van der Waals surface area (Å²) >= 11 is 11.5. The molecule has 0 bridgehead atoms. The van der Waals surface area contributed by atoms with Gasteiger partial charge in [-0.15, -0.1) is 0 Å². The molecule has 0 radical (unpaired) electrons. The monoisotopic (exact) mass is 350 g/mol. The van der Waals surface area contributed by atoms with Crippen LogP contribution in [0.1, 0.15) is 28.9 Å². The van der Waals surface area contributed by atoms with Crippen molar-refractivity contribution in [1.29, 1.82) is 0 Å². The first-order valence-corrected chi connectivity index (χ1v) is 8.48. The fraction of sp³-hybridized carbons (Fsp3) is 0.412. The second-order valence-corrected chi connectivity index (χ2v) is 6.61. The number of hydrogen-bond donors (Lipinski definition) is 2. The van der Waals surface area contributed by atoms with Gasteiger partial charge in [-0.3, -0.25) is 4.68 Å². The molecule has 0 aliphatic rings. The molecule has 23 heavy (non-hydrogen) atoms. The topological polar surface area (TPSA) is 41.9 Å². The maximum absolute atomic E-state index is 6.15. The molecule has 0 unspecified atom stereocenters. The molecule has 1 aromatic heterocycles. The van der Waals surface area contributed by atoms with Gasteiger partial charge >= 0.3 is 0 Å². The number of benzene rings is 1. The van der Waals surface area contributed by atoms with Crippen LogP contribution >= 0.6 is 23.8 Å². The van der Waals surface area contributed by atoms with E-state index in [1.165, 1.54) is 11.1 Å². The van der Waals surface area contributed by atoms with E-state index in [1.54, 1.807) is 0 Å². The molecule has 0 atom stereocenters. The van der Waals surface area contributed by atoms with E-state index in [-0.39, 0.29) is 0 Å². The number of hydrogen-bond acceptors (Lipinski definition) is 2. The maximum atomic E-state index is 6.15. The van der Waals surface area contributed by atoms with E-state index in [0.29, 0.717) is 5.11 Å². The first-order valence-electron chi connectivity index (χ1n) is 7.69. The van der Waals surface area contributed by atoms with Crippen molar-refractivity contribution < 1.29 is 0 Å². The number of halogens is 1. The summed E-state index contributed by atoms with van der Waals surface area (Å²) in [5.74, 6) is 0. The Kier molecular flexibility index (Phi) is 6.02. The Balaban J connectivity index is 1.77. The van der Waals surface area contributed by atoms with Gasteiger partial charge in [-0.05, 0) is 69.6 Å². The fourth-order valence-corrected chi connectivity index (χ4v) is 2.90. The molecule has 4 nitrogen and oxygen atoms in total. The molecule has 0 aliphatic heterocycles. The second-order valence-electron chi connectivity index (χ2n) is 5.82. The molecule has 1 aromatic carbocycles. The lowest BCUT2D eigenvalue weighted by Gasteiger charge is -2.12. The average Bonchev–Trinajstić information content (AvgIpc) is 2.70. The van der Waals surface area contributed by atoms with E-state index >= 15 is 0 Å². The molecule has 0 aliphatic carbocycles. The Morgan fingerprint density at radius 3 is 2.39 bits per heavy atom. The minimum absolute atomic E-state index is 0.640. The standard InChI is InChI=1S/C17H23ClN4S/c1-11-8-12(2)10-15(9-11)20-17(23)19-6-5-7-22-14(4)16(18)13(3)21-22/h8-10H,5-7H2,1-4H3,(H2,19,20,23). The third kappa shape index (κ3) is 4.94. The molecule has 0 saturated heterocycles. The summed E-state index contributed by atoms with van der Waals surface area (Å²) in [5.41, 5.74) is 5.35. The van der Waals surface area contributed by atoms with Crippen molar-refractivity contribution in [3.05, 3.63) is 45.7 Å². The fourth-order valence-electron chi connectivity index (χ4n) is 2.55. The Morgan fingerprint density at radius 1 is 1.17 bits per heavy atom. The van der Waals surface area contributed by atoms with Crippen LogP contribution in [0.5, 0.6) is 0 Å². The molecule has 1 heterocycles. The van der Waals surface area contributed by atoms with Crippen molar-refractivity contribution in [3.63, 3.8) is 0 Å². The van der Waals surface area contributed by atoms with E-state index in [0.717, 1.165) is 41.6 Å². The van der Waals surface area contributed by atoms with Gasteiger partial charge in [-0.1, -0.05) is 17.7 Å². The van der Waals surface area contributed by atoms with Crippen molar-refractivity contribution in [2.24, 2.45) is 0 Å². The Morgan fingerprint density at radius 2 is 1.83 bits per heavy atom. The molecular weight excluding hydrogens is 328 g/mol. The van der Waals surface area contributed by atoms with Gasteiger partial charge in [0.2, 0.25) is 0 Å². The van der Waals surface area contributed by atoms with Gasteiger partial charge in [0.1, 0.15) is 0 Å². The van der Waals surface area contributed by atoms with Gasteiger partial charge in [0.25, 0.3) is 0 Å². The predicted octanol–water partition coefficient (Wildman–Crippen LogP) is 4.15. The van der Waals surface area contributed by atoms with Crippen molar-refractivity contribution in [3.8, 4) is 0 Å². The van der Waals surface area contributed by atoms with Crippen LogP contribution in [0.2, 0.25) is 5.02 Å². The quantitative estimate of drug-likeness (QED) is 0.628. The first kappa shape index (κ1) is 17.8. The molecule has 2 rings (SSSR count). The van der Waals surface area contributed by atoms with Crippen LogP contribution in [-0.4, -0.2) is 21.4 Å². The molecule has 0 spiro atoms. The Bertz CT molecular complexity index is 689. The molecule has 2 N–H and O–H groups in total. The summed E-state index contributed by atoms with van der Waals surface area (Å²) in [4.78, 5) is 0. The zero-order valence-corrected chi connectivity index (χ0v) is 15.6. The number of nitrogens with one attached hydrogen (secondary N) is 2. The van der Waals surface area contributed by atoms with Crippen LogP contribution in [0.4, 0.5) is 5.69 Å². The smallest absolute Gasteiger partial charge is 0.170 e. The molecule has 0 amide bonds. The number of anilines is 1. The lowest BCUT2D eigenvalue weighted by Crippen LogP contribution is -2.30. The first-order chi connectivity index (χ1) is 10.9. The number of thiocarbonyl (C=S) groups is 1. The summed E-state index contributed by atoms with van der Waals surface area (Å²) in [6, 6.07) is 6.30. The Labute approximate surface area is 148 Å². The largest absolute Gasteiger partial charge is 0.362 e. The highest BCUT2D eigenvalue weighted by molar-refractivity contribution is 7.80. The van der Waals surface area contributed by atoms with Crippen LogP contribution in [0.25, 0.3) is 0 Å². The molecule has 2 aromatic rings. The highest BCUT2D eigenvalue weighted by Crippen LogP contribution is 2.18. The van der Waals surface area contributed by atoms with Crippen LogP contribution in [-0.2, 0) is 6.54 Å². The number of rotatable bonds is 5. The van der Waals surface area contributed by atoms with Crippen LogP contribution in [0.3, 0.4) is 0 Å². The summed E-state index contributed by atoms with van der Waals surface area (Å²) in [6.07, 6.45) is 0.924. The summed E-state index contributed by atoms with van der Waals surface area (Å²) < 4.78 is 1.94. The number of aryl methyl sites for hydroxylation is 4. The molecular formula is C17H23ClN4S. The number of nitrogens with zero attached hydrogens (tertiary/aromatic N) is 2. The van der Waals surface area contributed by atoms with Gasteiger partial charge in [-0.2, -0.15) is 5.10 Å². The molecule has 6 heteroatoms. The molecule has 124 valence electrons. The van der Waals surface area contributed by atoms with E-state index in [2.05, 4.69) is 47.8 Å². The van der Waals surface area contributed by atoms with Gasteiger partial charge in [0.05, 0.1) is 16.4 Å². The van der Waals surface area contributed by atoms with Crippen LogP contribution < -0.4 is 10.6 Å². The van der Waals surface area contributed by atoms with Crippen molar-refractivity contribution in [2.45, 2.75) is 40.7 Å². The second kappa shape index (κ2) is 7.79. The zero-order chi connectivity index (χ0) is 17.0. The maximum Gasteiger partial charge on any atom is 0.170 e. The molecule has 0 fully saturated rings. The van der Waals surface area contributed by atoms with Gasteiger partial charge in [-0.25, -0.2) is 0 Å². The Hall–Kier alpha value is -1.59. The van der Waals surface area contributed by atoms with Crippen molar-refractivity contribution >= 4 is 34.6 Å². The number of aromatic nitrogens is 2. The summed E-state index contributed by atoms with van der Waals surface area (Å²) in [7, 11) is 0. The van der Waals surface area contributed by atoms with Gasteiger partial charge < -0.3 is 10.6 Å². The minimum atomic E-state index is 0.640. The predicted molar refractivity (Wildman–Crippen MR) is 101 cm³/mol. The lowest BCUT2D eigenvalue weighted by atomic mass is 10.1. The SMILES string of the molecule is Cc1cc(C)cc(NC(=S)NCCCn2nc(C)c(Cl)c2C)c1. The van der Waals surface area contributed by atoms with Crippen molar-refractivity contribution in [1.82, 2.24) is 15.1 Å². The van der Waals surface area contributed by atoms with E-state index in [4.69, 9.17) is 23.8 Å². The van der Waals surface area contributed by atoms with E-state index < -0.39 is 0 Å². The third-order valence-corrected chi connectivity index (χ3v) is 4.40.